The Morgan fingerprint density at radius 1 is 1.62 bits per heavy atom. The van der Waals surface area contributed by atoms with Gasteiger partial charge in [-0.3, -0.25) is 4.79 Å². The number of carbonyl (C=O) groups is 1. The van der Waals surface area contributed by atoms with E-state index in [1.54, 1.807) is 31.2 Å². The van der Waals surface area contributed by atoms with Gasteiger partial charge in [-0.2, -0.15) is 0 Å². The van der Waals surface area contributed by atoms with Gasteiger partial charge in [-0.25, -0.2) is 0 Å². The van der Waals surface area contributed by atoms with Crippen LogP contribution in [0.15, 0.2) is 24.3 Å². The lowest BCUT2D eigenvalue weighted by Gasteiger charge is -2.08. The van der Waals surface area contributed by atoms with Gasteiger partial charge in [-0.05, 0) is 25.1 Å². The van der Waals surface area contributed by atoms with Crippen LogP contribution in [-0.4, -0.2) is 30.3 Å². The summed E-state index contributed by atoms with van der Waals surface area (Å²) in [6.07, 6.45) is -0.560. The van der Waals surface area contributed by atoms with Crippen LogP contribution < -0.4 is 10.1 Å². The van der Waals surface area contributed by atoms with E-state index in [-0.39, 0.29) is 19.1 Å². The molecule has 0 aliphatic carbocycles. The first-order valence-electron chi connectivity index (χ1n) is 4.91. The fraction of sp³-hybridized carbons (Fsp3) is 0.364. The molecule has 0 aromatic heterocycles. The molecule has 1 amide bonds. The second-order valence-corrected chi connectivity index (χ2v) is 3.84. The second kappa shape index (κ2) is 6.35. The fourth-order valence-electron chi connectivity index (χ4n) is 1.02. The van der Waals surface area contributed by atoms with Crippen LogP contribution in [0.3, 0.4) is 0 Å². The normalized spacial score (nSPS) is 11.9. The highest BCUT2D eigenvalue weighted by Crippen LogP contribution is 2.16. The summed E-state index contributed by atoms with van der Waals surface area (Å²) in [5.41, 5.74) is 0. The van der Waals surface area contributed by atoms with Gasteiger partial charge in [-0.1, -0.05) is 17.7 Å². The van der Waals surface area contributed by atoms with Crippen LogP contribution in [0.4, 0.5) is 0 Å². The number of aliphatic hydroxyl groups excluding tert-OH is 1. The molecule has 0 radical (unpaired) electrons. The molecule has 2 N–H and O–H groups in total. The van der Waals surface area contributed by atoms with Crippen LogP contribution in [-0.2, 0) is 4.79 Å². The average molecular weight is 244 g/mol. The minimum atomic E-state index is -0.560. The molecule has 1 atom stereocenters. The predicted molar refractivity (Wildman–Crippen MR) is 61.6 cm³/mol. The van der Waals surface area contributed by atoms with E-state index in [1.165, 1.54) is 0 Å². The van der Waals surface area contributed by atoms with Crippen molar-refractivity contribution >= 4 is 17.5 Å². The largest absolute Gasteiger partial charge is 0.484 e. The molecule has 5 heteroatoms. The van der Waals surface area contributed by atoms with Crippen molar-refractivity contribution in [1.82, 2.24) is 5.32 Å². The molecule has 0 saturated heterocycles. The first kappa shape index (κ1) is 12.8. The molecule has 0 spiro atoms. The monoisotopic (exact) mass is 243 g/mol. The molecular weight excluding hydrogens is 230 g/mol. The number of benzene rings is 1. The summed E-state index contributed by atoms with van der Waals surface area (Å²) in [4.78, 5) is 11.2. The number of rotatable bonds is 5. The first-order valence-corrected chi connectivity index (χ1v) is 5.29. The topological polar surface area (TPSA) is 58.6 Å². The van der Waals surface area contributed by atoms with Gasteiger partial charge in [0.05, 0.1) is 6.10 Å². The van der Waals surface area contributed by atoms with E-state index < -0.39 is 6.10 Å². The van der Waals surface area contributed by atoms with Gasteiger partial charge in [0.2, 0.25) is 0 Å². The third-order valence-electron chi connectivity index (χ3n) is 1.76. The van der Waals surface area contributed by atoms with Crippen LogP contribution in [0.5, 0.6) is 5.75 Å². The van der Waals surface area contributed by atoms with Gasteiger partial charge >= 0.3 is 0 Å². The molecular formula is C11H14ClNO3. The Hall–Kier alpha value is -1.26. The Labute approximate surface area is 99.2 Å². The van der Waals surface area contributed by atoms with Crippen molar-refractivity contribution < 1.29 is 14.6 Å². The van der Waals surface area contributed by atoms with Gasteiger partial charge in [0, 0.05) is 11.6 Å². The molecule has 1 aromatic carbocycles. The van der Waals surface area contributed by atoms with E-state index >= 15 is 0 Å². The molecule has 88 valence electrons. The third kappa shape index (κ3) is 5.00. The summed E-state index contributed by atoms with van der Waals surface area (Å²) in [7, 11) is 0. The Morgan fingerprint density at radius 3 is 3.00 bits per heavy atom. The summed E-state index contributed by atoms with van der Waals surface area (Å²) in [6.45, 7) is 1.73. The third-order valence-corrected chi connectivity index (χ3v) is 2.00. The molecule has 0 aliphatic rings. The zero-order valence-corrected chi connectivity index (χ0v) is 9.70. The van der Waals surface area contributed by atoms with Gasteiger partial charge in [0.25, 0.3) is 5.91 Å². The van der Waals surface area contributed by atoms with Crippen molar-refractivity contribution in [1.29, 1.82) is 0 Å². The number of amides is 1. The smallest absolute Gasteiger partial charge is 0.258 e. The van der Waals surface area contributed by atoms with Crippen LogP contribution in [0.2, 0.25) is 5.02 Å². The number of aliphatic hydroxyl groups is 1. The fourth-order valence-corrected chi connectivity index (χ4v) is 1.20. The lowest BCUT2D eigenvalue weighted by Crippen LogP contribution is -2.34. The molecule has 0 aliphatic heterocycles. The van der Waals surface area contributed by atoms with Crippen LogP contribution in [0, 0.1) is 0 Å². The molecule has 1 unspecified atom stereocenters. The average Bonchev–Trinajstić information content (AvgIpc) is 2.23. The van der Waals surface area contributed by atoms with Crippen molar-refractivity contribution in [2.75, 3.05) is 13.2 Å². The standard InChI is InChI=1S/C11H14ClNO3/c1-8(14)6-13-11(15)7-16-10-4-2-3-9(12)5-10/h2-5,8,14H,6-7H2,1H3,(H,13,15). The van der Waals surface area contributed by atoms with E-state index in [9.17, 15) is 4.79 Å². The number of hydrogen-bond acceptors (Lipinski definition) is 3. The van der Waals surface area contributed by atoms with E-state index in [0.717, 1.165) is 0 Å². The molecule has 16 heavy (non-hydrogen) atoms. The highest BCUT2D eigenvalue weighted by atomic mass is 35.5. The van der Waals surface area contributed by atoms with E-state index in [1.807, 2.05) is 0 Å². The maximum atomic E-state index is 11.2. The Bertz CT molecular complexity index is 355. The number of ether oxygens (including phenoxy) is 1. The molecule has 0 heterocycles. The number of nitrogens with one attached hydrogen (secondary N) is 1. The molecule has 4 nitrogen and oxygen atoms in total. The summed E-state index contributed by atoms with van der Waals surface area (Å²) in [5, 5.41) is 12.0. The van der Waals surface area contributed by atoms with E-state index in [2.05, 4.69) is 5.32 Å². The number of hydrogen-bond donors (Lipinski definition) is 2. The number of carbonyl (C=O) groups excluding carboxylic acids is 1. The lowest BCUT2D eigenvalue weighted by atomic mass is 10.3. The summed E-state index contributed by atoms with van der Waals surface area (Å²) >= 11 is 5.75. The Morgan fingerprint density at radius 2 is 2.38 bits per heavy atom. The first-order chi connectivity index (χ1) is 7.58. The zero-order chi connectivity index (χ0) is 12.0. The highest BCUT2D eigenvalue weighted by molar-refractivity contribution is 6.30. The van der Waals surface area contributed by atoms with Crippen molar-refractivity contribution in [3.8, 4) is 5.75 Å². The van der Waals surface area contributed by atoms with Gasteiger partial charge in [0.15, 0.2) is 6.61 Å². The molecule has 1 rings (SSSR count). The second-order valence-electron chi connectivity index (χ2n) is 3.40. The van der Waals surface area contributed by atoms with Crippen molar-refractivity contribution in [3.63, 3.8) is 0 Å². The minimum absolute atomic E-state index is 0.0902. The zero-order valence-electron chi connectivity index (χ0n) is 8.94. The van der Waals surface area contributed by atoms with Gasteiger partial charge in [0.1, 0.15) is 5.75 Å². The summed E-state index contributed by atoms with van der Waals surface area (Å²) in [5.74, 6) is 0.264. The van der Waals surface area contributed by atoms with Crippen molar-refractivity contribution in [2.45, 2.75) is 13.0 Å². The quantitative estimate of drug-likeness (QED) is 0.818. The van der Waals surface area contributed by atoms with Crippen molar-refractivity contribution in [2.24, 2.45) is 0 Å². The van der Waals surface area contributed by atoms with E-state index in [4.69, 9.17) is 21.4 Å². The van der Waals surface area contributed by atoms with Crippen LogP contribution >= 0.6 is 11.6 Å². The number of halogens is 1. The van der Waals surface area contributed by atoms with Crippen LogP contribution in [0.25, 0.3) is 0 Å². The Balaban J connectivity index is 2.31. The summed E-state index contributed by atoms with van der Waals surface area (Å²) < 4.78 is 5.20. The Kier molecular flexibility index (Phi) is 5.08. The highest BCUT2D eigenvalue weighted by Gasteiger charge is 2.04. The predicted octanol–water partition coefficient (Wildman–Crippen LogP) is 1.22. The maximum Gasteiger partial charge on any atom is 0.258 e. The lowest BCUT2D eigenvalue weighted by molar-refractivity contribution is -0.123. The molecule has 1 aromatic rings. The van der Waals surface area contributed by atoms with Crippen LogP contribution in [0.1, 0.15) is 6.92 Å². The van der Waals surface area contributed by atoms with E-state index in [0.29, 0.717) is 10.8 Å². The minimum Gasteiger partial charge on any atom is -0.484 e. The SMILES string of the molecule is CC(O)CNC(=O)COc1cccc(Cl)c1. The molecule has 0 bridgehead atoms. The molecule has 0 saturated carbocycles. The van der Waals surface area contributed by atoms with Crippen molar-refractivity contribution in [3.05, 3.63) is 29.3 Å². The maximum absolute atomic E-state index is 11.2. The van der Waals surface area contributed by atoms with Gasteiger partial charge in [-0.15, -0.1) is 0 Å². The van der Waals surface area contributed by atoms with Gasteiger partial charge < -0.3 is 15.2 Å². The summed E-state index contributed by atoms with van der Waals surface area (Å²) in [6, 6.07) is 6.81. The molecule has 0 fully saturated rings.